The van der Waals surface area contributed by atoms with Crippen LogP contribution >= 0.6 is 0 Å². The normalized spacial score (nSPS) is 50.4. The van der Waals surface area contributed by atoms with Crippen LogP contribution in [0.3, 0.4) is 0 Å². The zero-order chi connectivity index (χ0) is 18.5. The summed E-state index contributed by atoms with van der Waals surface area (Å²) in [6, 6.07) is 0. The second-order valence-electron chi connectivity index (χ2n) is 9.80. The fourth-order valence-corrected chi connectivity index (χ4v) is 8.32. The molecule has 8 atom stereocenters. The van der Waals surface area contributed by atoms with Gasteiger partial charge in [-0.1, -0.05) is 6.08 Å². The molecule has 26 heavy (non-hydrogen) atoms. The third-order valence-corrected chi connectivity index (χ3v) is 9.27. The van der Waals surface area contributed by atoms with E-state index in [0.29, 0.717) is 35.4 Å². The van der Waals surface area contributed by atoms with Gasteiger partial charge in [0, 0.05) is 12.5 Å². The van der Waals surface area contributed by atoms with Gasteiger partial charge in [0.25, 0.3) is 0 Å². The van der Waals surface area contributed by atoms with Crippen molar-refractivity contribution in [2.24, 2.45) is 40.4 Å². The summed E-state index contributed by atoms with van der Waals surface area (Å²) in [6.07, 6.45) is 11.9. The average Bonchev–Trinajstić information content (AvgIpc) is 3.02. The van der Waals surface area contributed by atoms with Gasteiger partial charge >= 0.3 is 0 Å². The molecule has 0 saturated heterocycles. The topological polar surface area (TPSA) is 46.5 Å². The van der Waals surface area contributed by atoms with Crippen molar-refractivity contribution in [2.75, 3.05) is 13.7 Å². The number of Topliss-reactive ketones (excluding diaryl/α,β-unsaturated/α-hetero) is 1. The summed E-state index contributed by atoms with van der Waals surface area (Å²) in [6.45, 7) is 6.75. The summed E-state index contributed by atoms with van der Waals surface area (Å²) in [5, 5.41) is 10.3. The van der Waals surface area contributed by atoms with Gasteiger partial charge in [-0.3, -0.25) is 4.79 Å². The molecular formula is C23H36O3. The zero-order valence-electron chi connectivity index (χ0n) is 16.6. The number of rotatable bonds is 4. The Bertz CT molecular complexity index is 572. The minimum absolute atomic E-state index is 0.127. The van der Waals surface area contributed by atoms with Crippen molar-refractivity contribution in [3.63, 3.8) is 0 Å². The number of ether oxygens (including phenoxy) is 1. The maximum absolute atomic E-state index is 12.9. The highest BCUT2D eigenvalue weighted by molar-refractivity contribution is 5.84. The lowest BCUT2D eigenvalue weighted by Crippen LogP contribution is -2.58. The number of fused-ring (bicyclic) bond motifs is 5. The average molecular weight is 361 g/mol. The summed E-state index contributed by atoms with van der Waals surface area (Å²) in [5.74, 6) is 3.21. The molecule has 1 N–H and O–H groups in total. The molecular weight excluding hydrogens is 324 g/mol. The Morgan fingerprint density at radius 2 is 1.96 bits per heavy atom. The van der Waals surface area contributed by atoms with E-state index in [1.165, 1.54) is 19.3 Å². The molecule has 4 saturated carbocycles. The van der Waals surface area contributed by atoms with Crippen LogP contribution in [0.1, 0.15) is 64.7 Å². The number of hydrogen-bond donors (Lipinski definition) is 1. The summed E-state index contributed by atoms with van der Waals surface area (Å²) in [4.78, 5) is 12.9. The second kappa shape index (κ2) is 6.74. The zero-order valence-corrected chi connectivity index (χ0v) is 16.6. The van der Waals surface area contributed by atoms with E-state index in [4.69, 9.17) is 4.74 Å². The number of methoxy groups -OCH3 is 1. The second-order valence-corrected chi connectivity index (χ2v) is 9.80. The number of carbonyl (C=O) groups excluding carboxylic acids is 1. The lowest BCUT2D eigenvalue weighted by Gasteiger charge is -2.61. The lowest BCUT2D eigenvalue weighted by atomic mass is 9.43. The van der Waals surface area contributed by atoms with Crippen molar-refractivity contribution >= 4 is 5.78 Å². The van der Waals surface area contributed by atoms with Crippen molar-refractivity contribution in [3.05, 3.63) is 12.7 Å². The van der Waals surface area contributed by atoms with E-state index in [0.717, 1.165) is 45.1 Å². The van der Waals surface area contributed by atoms with E-state index >= 15 is 0 Å². The van der Waals surface area contributed by atoms with Crippen LogP contribution in [-0.2, 0) is 9.53 Å². The van der Waals surface area contributed by atoms with Gasteiger partial charge in [-0.25, -0.2) is 0 Å². The van der Waals surface area contributed by atoms with Gasteiger partial charge in [0.1, 0.15) is 5.78 Å². The molecule has 3 nitrogen and oxygen atoms in total. The van der Waals surface area contributed by atoms with Crippen molar-refractivity contribution in [1.82, 2.24) is 0 Å². The van der Waals surface area contributed by atoms with Crippen LogP contribution in [0.5, 0.6) is 0 Å². The number of hydrogen-bond acceptors (Lipinski definition) is 3. The quantitative estimate of drug-likeness (QED) is 0.757. The van der Waals surface area contributed by atoms with Crippen LogP contribution < -0.4 is 0 Å². The largest absolute Gasteiger partial charge is 0.393 e. The third-order valence-electron chi connectivity index (χ3n) is 9.27. The molecule has 0 heterocycles. The monoisotopic (exact) mass is 360 g/mol. The summed E-state index contributed by atoms with van der Waals surface area (Å²) in [7, 11) is 1.84. The number of allylic oxidation sites excluding steroid dienone is 1. The molecule has 4 fully saturated rings. The molecule has 4 rings (SSSR count). The van der Waals surface area contributed by atoms with Crippen molar-refractivity contribution in [1.29, 1.82) is 0 Å². The number of aliphatic hydroxyl groups excluding tert-OH is 1. The minimum Gasteiger partial charge on any atom is -0.393 e. The Morgan fingerprint density at radius 3 is 2.65 bits per heavy atom. The molecule has 0 bridgehead atoms. The van der Waals surface area contributed by atoms with Gasteiger partial charge in [-0.15, -0.1) is 6.58 Å². The first-order valence-corrected chi connectivity index (χ1v) is 10.8. The van der Waals surface area contributed by atoms with Gasteiger partial charge in [0.15, 0.2) is 0 Å². The van der Waals surface area contributed by atoms with Crippen molar-refractivity contribution in [2.45, 2.75) is 70.8 Å². The standard InChI is InChI=1S/C23H36O3/c1-4-16-6-8-21-19-7-5-17-13-18(25)9-11-22(17,14-26-3)20(19)10-12-23(16,21)15(2)24/h4,16-21,25H,1,5-14H2,2-3H3/t16?,17-,18+,19+,20-,21-,22+,23?/m0/s1. The first-order chi connectivity index (χ1) is 12.5. The maximum Gasteiger partial charge on any atom is 0.136 e. The van der Waals surface area contributed by atoms with Crippen LogP contribution in [0, 0.1) is 40.4 Å². The number of aliphatic hydroxyl groups is 1. The minimum atomic E-state index is -0.141. The molecule has 0 aliphatic heterocycles. The fourth-order valence-electron chi connectivity index (χ4n) is 8.32. The van der Waals surface area contributed by atoms with E-state index in [2.05, 4.69) is 12.7 Å². The summed E-state index contributed by atoms with van der Waals surface area (Å²) in [5.41, 5.74) is 0.0876. The van der Waals surface area contributed by atoms with Crippen LogP contribution in [-0.4, -0.2) is 30.7 Å². The van der Waals surface area contributed by atoms with Gasteiger partial charge in [-0.05, 0) is 99.7 Å². The van der Waals surface area contributed by atoms with Crippen LogP contribution in [0.2, 0.25) is 0 Å². The molecule has 146 valence electrons. The summed E-state index contributed by atoms with van der Waals surface area (Å²) >= 11 is 0. The smallest absolute Gasteiger partial charge is 0.136 e. The molecule has 2 unspecified atom stereocenters. The van der Waals surface area contributed by atoms with E-state index < -0.39 is 0 Å². The van der Waals surface area contributed by atoms with Crippen LogP contribution in [0.4, 0.5) is 0 Å². The van der Waals surface area contributed by atoms with Crippen LogP contribution in [0.25, 0.3) is 0 Å². The highest BCUT2D eigenvalue weighted by Gasteiger charge is 2.63. The molecule has 4 aliphatic carbocycles. The summed E-state index contributed by atoms with van der Waals surface area (Å²) < 4.78 is 5.79. The fraction of sp³-hybridized carbons (Fsp3) is 0.870. The van der Waals surface area contributed by atoms with Crippen molar-refractivity contribution in [3.8, 4) is 0 Å². The first-order valence-electron chi connectivity index (χ1n) is 10.8. The van der Waals surface area contributed by atoms with Gasteiger partial charge in [-0.2, -0.15) is 0 Å². The van der Waals surface area contributed by atoms with E-state index in [1.54, 1.807) is 0 Å². The highest BCUT2D eigenvalue weighted by atomic mass is 16.5. The molecule has 0 amide bonds. The van der Waals surface area contributed by atoms with Gasteiger partial charge in [0.05, 0.1) is 12.7 Å². The number of ketones is 1. The molecule has 4 aliphatic rings. The Hall–Kier alpha value is -0.670. The molecule has 0 aromatic carbocycles. The predicted octanol–water partition coefficient (Wildman–Crippen LogP) is 4.39. The third kappa shape index (κ3) is 2.42. The van der Waals surface area contributed by atoms with E-state index in [1.807, 2.05) is 14.0 Å². The lowest BCUT2D eigenvalue weighted by molar-refractivity contribution is -0.166. The Labute approximate surface area is 158 Å². The van der Waals surface area contributed by atoms with Crippen LogP contribution in [0.15, 0.2) is 12.7 Å². The Morgan fingerprint density at radius 1 is 1.15 bits per heavy atom. The molecule has 0 aromatic rings. The Balaban J connectivity index is 1.69. The maximum atomic E-state index is 12.9. The van der Waals surface area contributed by atoms with Gasteiger partial charge in [0.2, 0.25) is 0 Å². The van der Waals surface area contributed by atoms with E-state index in [-0.39, 0.29) is 16.9 Å². The molecule has 3 heteroatoms. The SMILES string of the molecule is C=CC1CC[C@H]2[C@@H]3CC[C@H]4C[C@H](O)CC[C@]4(COC)[C@H]3CCC12C(C)=O. The molecule has 0 aromatic heterocycles. The first kappa shape index (κ1) is 18.7. The predicted molar refractivity (Wildman–Crippen MR) is 103 cm³/mol. The highest BCUT2D eigenvalue weighted by Crippen LogP contribution is 2.68. The van der Waals surface area contributed by atoms with E-state index in [9.17, 15) is 9.90 Å². The Kier molecular flexibility index (Phi) is 4.84. The van der Waals surface area contributed by atoms with Crippen molar-refractivity contribution < 1.29 is 14.6 Å². The number of carbonyl (C=O) groups is 1. The molecule has 0 spiro atoms. The van der Waals surface area contributed by atoms with Gasteiger partial charge < -0.3 is 9.84 Å². The molecule has 0 radical (unpaired) electrons.